The van der Waals surface area contributed by atoms with E-state index in [1.54, 1.807) is 0 Å². The van der Waals surface area contributed by atoms with E-state index in [1.807, 2.05) is 12.1 Å². The first kappa shape index (κ1) is 8.98. The topological polar surface area (TPSA) is 44.7 Å². The van der Waals surface area contributed by atoms with E-state index in [9.17, 15) is 4.79 Å². The first-order valence-electron chi connectivity index (χ1n) is 5.79. The van der Waals surface area contributed by atoms with E-state index in [1.165, 1.54) is 11.3 Å². The maximum atomic E-state index is 11.9. The normalized spacial score (nSPS) is 20.8. The highest BCUT2D eigenvalue weighted by molar-refractivity contribution is 6.41. The maximum Gasteiger partial charge on any atom is 0.291 e. The smallest absolute Gasteiger partial charge is 0.291 e. The summed E-state index contributed by atoms with van der Waals surface area (Å²) >= 11 is 0. The average molecular weight is 225 g/mol. The van der Waals surface area contributed by atoms with E-state index in [0.29, 0.717) is 5.84 Å². The molecule has 3 aliphatic rings. The molecule has 17 heavy (non-hydrogen) atoms. The van der Waals surface area contributed by atoms with Crippen molar-refractivity contribution in [3.8, 4) is 0 Å². The first-order chi connectivity index (χ1) is 8.34. The van der Waals surface area contributed by atoms with Gasteiger partial charge in [-0.3, -0.25) is 9.79 Å². The summed E-state index contributed by atoms with van der Waals surface area (Å²) in [5.74, 6) is 0.509. The van der Waals surface area contributed by atoms with Crippen molar-refractivity contribution in [3.63, 3.8) is 0 Å². The Hall–Kier alpha value is -2.10. The zero-order chi connectivity index (χ0) is 11.4. The Morgan fingerprint density at radius 2 is 2.18 bits per heavy atom. The number of aliphatic imine (C=N–C) groups is 1. The van der Waals surface area contributed by atoms with Gasteiger partial charge in [0.25, 0.3) is 5.91 Å². The number of carbonyl (C=O) groups is 1. The van der Waals surface area contributed by atoms with Crippen molar-refractivity contribution in [1.82, 2.24) is 10.2 Å². The van der Waals surface area contributed by atoms with Gasteiger partial charge >= 0.3 is 0 Å². The third kappa shape index (κ3) is 1.07. The van der Waals surface area contributed by atoms with Crippen LogP contribution in [0.1, 0.15) is 11.1 Å². The molecule has 2 heterocycles. The number of amides is 1. The molecule has 0 saturated carbocycles. The largest absolute Gasteiger partial charge is 0.322 e. The van der Waals surface area contributed by atoms with Gasteiger partial charge in [-0.05, 0) is 5.56 Å². The fourth-order valence-electron chi connectivity index (χ4n) is 2.79. The van der Waals surface area contributed by atoms with Crippen LogP contribution in [0.4, 0.5) is 0 Å². The molecule has 1 aromatic carbocycles. The van der Waals surface area contributed by atoms with Crippen LogP contribution in [0.5, 0.6) is 0 Å². The number of rotatable bonds is 0. The van der Waals surface area contributed by atoms with E-state index in [4.69, 9.17) is 0 Å². The molecule has 4 nitrogen and oxygen atoms in total. The summed E-state index contributed by atoms with van der Waals surface area (Å²) in [5, 5.41) is 2.97. The number of amidine groups is 1. The zero-order valence-corrected chi connectivity index (χ0v) is 9.23. The van der Waals surface area contributed by atoms with Gasteiger partial charge in [0.2, 0.25) is 0 Å². The van der Waals surface area contributed by atoms with Crippen molar-refractivity contribution in [2.75, 3.05) is 13.1 Å². The van der Waals surface area contributed by atoms with Gasteiger partial charge in [0.15, 0.2) is 5.84 Å². The molecule has 1 aliphatic carbocycles. The number of hydrogen-bond acceptors (Lipinski definition) is 3. The molecular weight excluding hydrogens is 214 g/mol. The van der Waals surface area contributed by atoms with Crippen LogP contribution in [0.15, 0.2) is 35.0 Å². The van der Waals surface area contributed by atoms with Gasteiger partial charge in [-0.15, -0.1) is 0 Å². The molecule has 2 aliphatic heterocycles. The minimum absolute atomic E-state index is 0.0713. The molecule has 0 unspecified atom stereocenters. The molecule has 4 rings (SSSR count). The SMILES string of the molecule is O=C1NC2=C(Cc3ccccc32)N2CCN=C12. The molecular formula is C13H11N3O. The number of carbonyl (C=O) groups excluding carboxylic acids is 1. The molecule has 0 fully saturated rings. The van der Waals surface area contributed by atoms with Crippen LogP contribution in [-0.4, -0.2) is 29.7 Å². The van der Waals surface area contributed by atoms with Gasteiger partial charge < -0.3 is 10.2 Å². The third-order valence-corrected chi connectivity index (χ3v) is 3.54. The molecule has 1 aromatic rings. The summed E-state index contributed by atoms with van der Waals surface area (Å²) < 4.78 is 0. The van der Waals surface area contributed by atoms with Gasteiger partial charge in [-0.1, -0.05) is 24.3 Å². The minimum atomic E-state index is -0.0713. The molecule has 0 spiro atoms. The van der Waals surface area contributed by atoms with E-state index in [-0.39, 0.29) is 5.91 Å². The van der Waals surface area contributed by atoms with Gasteiger partial charge in [-0.2, -0.15) is 0 Å². The Morgan fingerprint density at radius 3 is 3.12 bits per heavy atom. The molecule has 4 heteroatoms. The van der Waals surface area contributed by atoms with Crippen LogP contribution < -0.4 is 5.32 Å². The molecule has 0 radical (unpaired) electrons. The van der Waals surface area contributed by atoms with Crippen molar-refractivity contribution in [2.24, 2.45) is 4.99 Å². The van der Waals surface area contributed by atoms with Gasteiger partial charge in [0.1, 0.15) is 0 Å². The Morgan fingerprint density at radius 1 is 1.29 bits per heavy atom. The summed E-state index contributed by atoms with van der Waals surface area (Å²) in [5.41, 5.74) is 4.61. The first-order valence-corrected chi connectivity index (χ1v) is 5.79. The number of fused-ring (bicyclic) bond motifs is 4. The van der Waals surface area contributed by atoms with Gasteiger partial charge in [0.05, 0.1) is 12.2 Å². The Kier molecular flexibility index (Phi) is 1.57. The number of benzene rings is 1. The van der Waals surface area contributed by atoms with Crippen LogP contribution in [-0.2, 0) is 11.2 Å². The Balaban J connectivity index is 1.89. The lowest BCUT2D eigenvalue weighted by Crippen LogP contribution is -2.45. The second-order valence-corrected chi connectivity index (χ2v) is 4.47. The number of nitrogens with zero attached hydrogens (tertiary/aromatic N) is 2. The lowest BCUT2D eigenvalue weighted by Gasteiger charge is -2.27. The monoisotopic (exact) mass is 225 g/mol. The Labute approximate surface area is 98.6 Å². The lowest BCUT2D eigenvalue weighted by atomic mass is 10.1. The molecule has 0 saturated heterocycles. The van der Waals surface area contributed by atoms with Crippen LogP contribution in [0, 0.1) is 0 Å². The molecule has 1 amide bonds. The average Bonchev–Trinajstić information content (AvgIpc) is 2.93. The second kappa shape index (κ2) is 2.97. The summed E-state index contributed by atoms with van der Waals surface area (Å²) in [6.45, 7) is 1.55. The zero-order valence-electron chi connectivity index (χ0n) is 9.23. The maximum absolute atomic E-state index is 11.9. The standard InChI is InChI=1S/C13H11N3O/c17-13-12-14-5-6-16(12)10-7-8-3-1-2-4-9(8)11(10)15-13/h1-4H,5-7H2,(H,15,17). The van der Waals surface area contributed by atoms with Crippen LogP contribution in [0.25, 0.3) is 5.70 Å². The molecule has 0 atom stereocenters. The van der Waals surface area contributed by atoms with Crippen molar-refractivity contribution in [2.45, 2.75) is 6.42 Å². The summed E-state index contributed by atoms with van der Waals surface area (Å²) in [6, 6.07) is 8.23. The number of allylic oxidation sites excluding steroid dienone is 1. The Bertz CT molecular complexity index is 600. The van der Waals surface area contributed by atoms with Crippen molar-refractivity contribution < 1.29 is 4.79 Å². The highest BCUT2D eigenvalue weighted by Crippen LogP contribution is 2.35. The van der Waals surface area contributed by atoms with E-state index in [0.717, 1.165) is 30.8 Å². The quantitative estimate of drug-likeness (QED) is 0.708. The fourth-order valence-corrected chi connectivity index (χ4v) is 2.79. The van der Waals surface area contributed by atoms with Crippen LogP contribution >= 0.6 is 0 Å². The van der Waals surface area contributed by atoms with Crippen molar-refractivity contribution in [1.29, 1.82) is 0 Å². The van der Waals surface area contributed by atoms with E-state index >= 15 is 0 Å². The van der Waals surface area contributed by atoms with E-state index in [2.05, 4.69) is 27.3 Å². The van der Waals surface area contributed by atoms with Gasteiger partial charge in [-0.25, -0.2) is 0 Å². The summed E-state index contributed by atoms with van der Waals surface area (Å²) in [4.78, 5) is 18.2. The summed E-state index contributed by atoms with van der Waals surface area (Å²) in [6.07, 6.45) is 0.894. The third-order valence-electron chi connectivity index (χ3n) is 3.54. The van der Waals surface area contributed by atoms with Crippen molar-refractivity contribution >= 4 is 17.4 Å². The minimum Gasteiger partial charge on any atom is -0.322 e. The van der Waals surface area contributed by atoms with Crippen molar-refractivity contribution in [3.05, 3.63) is 41.1 Å². The van der Waals surface area contributed by atoms with Gasteiger partial charge in [0, 0.05) is 24.2 Å². The van der Waals surface area contributed by atoms with Crippen LogP contribution in [0.3, 0.4) is 0 Å². The molecule has 0 bridgehead atoms. The predicted molar refractivity (Wildman–Crippen MR) is 64.2 cm³/mol. The van der Waals surface area contributed by atoms with E-state index < -0.39 is 0 Å². The fraction of sp³-hybridized carbons (Fsp3) is 0.231. The molecule has 0 aromatic heterocycles. The predicted octanol–water partition coefficient (Wildman–Crippen LogP) is 0.755. The molecule has 1 N–H and O–H groups in total. The number of hydrogen-bond donors (Lipinski definition) is 1. The summed E-state index contributed by atoms with van der Waals surface area (Å²) in [7, 11) is 0. The highest BCUT2D eigenvalue weighted by Gasteiger charge is 2.37. The lowest BCUT2D eigenvalue weighted by molar-refractivity contribution is -0.114. The molecule has 84 valence electrons. The number of nitrogens with one attached hydrogen (secondary N) is 1. The van der Waals surface area contributed by atoms with Crippen LogP contribution in [0.2, 0.25) is 0 Å². The second-order valence-electron chi connectivity index (χ2n) is 4.47. The highest BCUT2D eigenvalue weighted by atomic mass is 16.2.